The molecule has 2 aromatic rings. The van der Waals surface area contributed by atoms with E-state index in [1.54, 1.807) is 12.1 Å². The van der Waals surface area contributed by atoms with Crippen LogP contribution in [0.2, 0.25) is 0 Å². The van der Waals surface area contributed by atoms with Crippen molar-refractivity contribution in [1.29, 1.82) is 0 Å². The van der Waals surface area contributed by atoms with Crippen LogP contribution in [0.5, 0.6) is 5.75 Å². The Bertz CT molecular complexity index is 590. The highest BCUT2D eigenvalue weighted by Gasteiger charge is 2.05. The van der Waals surface area contributed by atoms with Crippen molar-refractivity contribution in [2.45, 2.75) is 6.54 Å². The average Bonchev–Trinajstić information content (AvgIpc) is 2.40. The van der Waals surface area contributed by atoms with Crippen LogP contribution in [-0.4, -0.2) is 7.11 Å². The van der Waals surface area contributed by atoms with E-state index in [4.69, 9.17) is 4.74 Å². The molecular weight excluding hydrogens is 377 g/mol. The largest absolute Gasteiger partial charge is 0.497 e. The lowest BCUT2D eigenvalue weighted by atomic mass is 10.2. The molecule has 0 saturated heterocycles. The summed E-state index contributed by atoms with van der Waals surface area (Å²) >= 11 is 6.85. The lowest BCUT2D eigenvalue weighted by Crippen LogP contribution is -2.02. The van der Waals surface area contributed by atoms with E-state index in [0.29, 0.717) is 17.9 Å². The summed E-state index contributed by atoms with van der Waals surface area (Å²) in [5.74, 6) is 0.239. The molecule has 5 heteroatoms. The molecule has 2 aromatic carbocycles. The van der Waals surface area contributed by atoms with Crippen LogP contribution in [0.15, 0.2) is 45.3 Å². The van der Waals surface area contributed by atoms with Gasteiger partial charge in [0.25, 0.3) is 0 Å². The van der Waals surface area contributed by atoms with Crippen molar-refractivity contribution in [3.8, 4) is 5.75 Å². The van der Waals surface area contributed by atoms with Crippen molar-refractivity contribution >= 4 is 37.5 Å². The van der Waals surface area contributed by atoms with Gasteiger partial charge in [-0.25, -0.2) is 4.39 Å². The van der Waals surface area contributed by atoms with Gasteiger partial charge in [0, 0.05) is 32.8 Å². The molecule has 2 nitrogen and oxygen atoms in total. The Morgan fingerprint density at radius 3 is 2.63 bits per heavy atom. The second kappa shape index (κ2) is 6.39. The molecule has 0 spiro atoms. The third-order valence-electron chi connectivity index (χ3n) is 2.66. The maximum Gasteiger partial charge on any atom is 0.131 e. The normalized spacial score (nSPS) is 10.3. The van der Waals surface area contributed by atoms with Gasteiger partial charge in [-0.1, -0.05) is 22.0 Å². The van der Waals surface area contributed by atoms with E-state index in [1.165, 1.54) is 13.2 Å². The molecule has 0 atom stereocenters. The highest BCUT2D eigenvalue weighted by Crippen LogP contribution is 2.27. The highest BCUT2D eigenvalue weighted by atomic mass is 79.9. The van der Waals surface area contributed by atoms with Crippen LogP contribution >= 0.6 is 31.9 Å². The quantitative estimate of drug-likeness (QED) is 0.798. The summed E-state index contributed by atoms with van der Waals surface area (Å²) in [6, 6.07) is 10.6. The van der Waals surface area contributed by atoms with E-state index in [1.807, 2.05) is 18.2 Å². The van der Waals surface area contributed by atoms with Gasteiger partial charge in [-0.3, -0.25) is 0 Å². The highest BCUT2D eigenvalue weighted by molar-refractivity contribution is 9.11. The summed E-state index contributed by atoms with van der Waals surface area (Å²) in [7, 11) is 1.52. The summed E-state index contributed by atoms with van der Waals surface area (Å²) in [6.07, 6.45) is 0. The topological polar surface area (TPSA) is 21.3 Å². The number of methoxy groups -OCH3 is 1. The number of benzene rings is 2. The zero-order valence-electron chi connectivity index (χ0n) is 10.2. The number of ether oxygens (including phenoxy) is 1. The standard InChI is InChI=1S/C14H12Br2FNO/c1-19-11-4-2-9(13(17)7-11)8-18-14-6-10(15)3-5-12(14)16/h2-7,18H,8H2,1H3. The van der Waals surface area contributed by atoms with Crippen molar-refractivity contribution in [3.05, 3.63) is 56.7 Å². The monoisotopic (exact) mass is 387 g/mol. The first kappa shape index (κ1) is 14.3. The molecule has 19 heavy (non-hydrogen) atoms. The maximum atomic E-state index is 13.8. The smallest absolute Gasteiger partial charge is 0.131 e. The lowest BCUT2D eigenvalue weighted by Gasteiger charge is -2.10. The molecule has 0 aliphatic rings. The average molecular weight is 389 g/mol. The van der Waals surface area contributed by atoms with Gasteiger partial charge in [0.15, 0.2) is 0 Å². The molecule has 0 unspecified atom stereocenters. The first-order valence-corrected chi connectivity index (χ1v) is 7.20. The number of halogens is 3. The van der Waals surface area contributed by atoms with E-state index in [9.17, 15) is 4.39 Å². The van der Waals surface area contributed by atoms with E-state index < -0.39 is 0 Å². The third-order valence-corrected chi connectivity index (χ3v) is 3.84. The SMILES string of the molecule is COc1ccc(CNc2cc(Br)ccc2Br)c(F)c1. The minimum Gasteiger partial charge on any atom is -0.497 e. The fourth-order valence-electron chi connectivity index (χ4n) is 1.62. The van der Waals surface area contributed by atoms with Crippen molar-refractivity contribution in [1.82, 2.24) is 0 Å². The van der Waals surface area contributed by atoms with Gasteiger partial charge >= 0.3 is 0 Å². The third kappa shape index (κ3) is 3.70. The predicted octanol–water partition coefficient (Wildman–Crippen LogP) is 4.97. The summed E-state index contributed by atoms with van der Waals surface area (Å²) < 4.78 is 20.7. The van der Waals surface area contributed by atoms with Gasteiger partial charge < -0.3 is 10.1 Å². The first-order chi connectivity index (χ1) is 9.10. The fraction of sp³-hybridized carbons (Fsp3) is 0.143. The summed E-state index contributed by atoms with van der Waals surface area (Å²) in [5, 5.41) is 3.19. The number of hydrogen-bond acceptors (Lipinski definition) is 2. The molecule has 100 valence electrons. The van der Waals surface area contributed by atoms with E-state index in [2.05, 4.69) is 37.2 Å². The van der Waals surface area contributed by atoms with Gasteiger partial charge in [-0.05, 0) is 40.2 Å². The van der Waals surface area contributed by atoms with Gasteiger partial charge in [0.1, 0.15) is 11.6 Å². The van der Waals surface area contributed by atoms with Gasteiger partial charge in [0.05, 0.1) is 7.11 Å². The second-order valence-electron chi connectivity index (χ2n) is 3.94. The van der Waals surface area contributed by atoms with Crippen molar-refractivity contribution in [2.75, 3.05) is 12.4 Å². The molecule has 0 amide bonds. The maximum absolute atomic E-state index is 13.8. The molecule has 1 N–H and O–H groups in total. The summed E-state index contributed by atoms with van der Waals surface area (Å²) in [4.78, 5) is 0. The Morgan fingerprint density at radius 2 is 1.95 bits per heavy atom. The van der Waals surface area contributed by atoms with Crippen LogP contribution in [0.25, 0.3) is 0 Å². The number of rotatable bonds is 4. The molecule has 0 aromatic heterocycles. The lowest BCUT2D eigenvalue weighted by molar-refractivity contribution is 0.411. The first-order valence-electron chi connectivity index (χ1n) is 5.61. The minimum absolute atomic E-state index is 0.280. The Labute approximate surface area is 128 Å². The number of nitrogens with one attached hydrogen (secondary N) is 1. The Kier molecular flexibility index (Phi) is 4.82. The van der Waals surface area contributed by atoms with Crippen LogP contribution in [-0.2, 0) is 6.54 Å². The molecular formula is C14H12Br2FNO. The van der Waals surface area contributed by atoms with Crippen molar-refractivity contribution < 1.29 is 9.13 Å². The number of anilines is 1. The van der Waals surface area contributed by atoms with Crippen LogP contribution in [0.4, 0.5) is 10.1 Å². The zero-order chi connectivity index (χ0) is 13.8. The van der Waals surface area contributed by atoms with E-state index in [0.717, 1.165) is 14.6 Å². The molecule has 0 aliphatic heterocycles. The van der Waals surface area contributed by atoms with E-state index in [-0.39, 0.29) is 5.82 Å². The molecule has 0 heterocycles. The minimum atomic E-state index is -0.280. The summed E-state index contributed by atoms with van der Waals surface area (Å²) in [6.45, 7) is 0.408. The fourth-order valence-corrected chi connectivity index (χ4v) is 2.37. The zero-order valence-corrected chi connectivity index (χ0v) is 13.4. The van der Waals surface area contributed by atoms with Crippen molar-refractivity contribution in [3.63, 3.8) is 0 Å². The molecule has 0 fully saturated rings. The Balaban J connectivity index is 2.12. The summed E-state index contributed by atoms with van der Waals surface area (Å²) in [5.41, 5.74) is 1.50. The van der Waals surface area contributed by atoms with Crippen molar-refractivity contribution in [2.24, 2.45) is 0 Å². The van der Waals surface area contributed by atoms with Crippen LogP contribution in [0.3, 0.4) is 0 Å². The van der Waals surface area contributed by atoms with Crippen LogP contribution in [0.1, 0.15) is 5.56 Å². The van der Waals surface area contributed by atoms with Gasteiger partial charge in [0.2, 0.25) is 0 Å². The van der Waals surface area contributed by atoms with Gasteiger partial charge in [-0.15, -0.1) is 0 Å². The molecule has 0 bridgehead atoms. The molecule has 0 radical (unpaired) electrons. The Morgan fingerprint density at radius 1 is 1.16 bits per heavy atom. The Hall–Kier alpha value is -1.07. The molecule has 2 rings (SSSR count). The van der Waals surface area contributed by atoms with Gasteiger partial charge in [-0.2, -0.15) is 0 Å². The second-order valence-corrected chi connectivity index (χ2v) is 5.71. The van der Waals surface area contributed by atoms with E-state index >= 15 is 0 Å². The molecule has 0 saturated carbocycles. The molecule has 0 aliphatic carbocycles. The predicted molar refractivity (Wildman–Crippen MR) is 82.1 cm³/mol. The van der Waals surface area contributed by atoms with Crippen LogP contribution in [0, 0.1) is 5.82 Å². The van der Waals surface area contributed by atoms with Crippen LogP contribution < -0.4 is 10.1 Å². The number of hydrogen-bond donors (Lipinski definition) is 1.